The van der Waals surface area contributed by atoms with Crippen molar-refractivity contribution in [3.8, 4) is 5.75 Å². The summed E-state index contributed by atoms with van der Waals surface area (Å²) in [6.45, 7) is 3.63. The first-order valence-electron chi connectivity index (χ1n) is 5.66. The molecule has 2 rings (SSSR count). The van der Waals surface area contributed by atoms with Crippen LogP contribution in [-0.4, -0.2) is 13.0 Å². The Morgan fingerprint density at radius 1 is 1.50 bits per heavy atom. The molecule has 0 saturated heterocycles. The monoisotopic (exact) mass is 248 g/mol. The van der Waals surface area contributed by atoms with Crippen molar-refractivity contribution in [3.63, 3.8) is 0 Å². The van der Waals surface area contributed by atoms with Crippen LogP contribution in [0.5, 0.6) is 5.75 Å². The average molecular weight is 248 g/mol. The van der Waals surface area contributed by atoms with Gasteiger partial charge in [0.15, 0.2) is 0 Å². The first-order valence-corrected chi connectivity index (χ1v) is 5.66. The number of hydrazine groups is 1. The fraction of sp³-hybridized carbons (Fsp3) is 0.308. The summed E-state index contributed by atoms with van der Waals surface area (Å²) in [6, 6.07) is 5.52. The lowest BCUT2D eigenvalue weighted by molar-refractivity contribution is -0.122. The maximum absolute atomic E-state index is 11.7. The van der Waals surface area contributed by atoms with E-state index in [1.807, 2.05) is 25.1 Å². The minimum absolute atomic E-state index is 0.247. The maximum atomic E-state index is 11.7. The van der Waals surface area contributed by atoms with Crippen LogP contribution < -0.4 is 16.0 Å². The van der Waals surface area contributed by atoms with Crippen molar-refractivity contribution < 1.29 is 13.9 Å². The lowest BCUT2D eigenvalue weighted by atomic mass is 9.97. The summed E-state index contributed by atoms with van der Waals surface area (Å²) < 4.78 is 10.8. The Labute approximate surface area is 105 Å². The Balaban J connectivity index is 2.61. The van der Waals surface area contributed by atoms with Crippen molar-refractivity contribution in [3.05, 3.63) is 29.5 Å². The zero-order chi connectivity index (χ0) is 13.3. The van der Waals surface area contributed by atoms with Crippen LogP contribution in [-0.2, 0) is 4.79 Å². The molecule has 0 radical (unpaired) electrons. The predicted molar refractivity (Wildman–Crippen MR) is 68.2 cm³/mol. The van der Waals surface area contributed by atoms with Crippen LogP contribution in [0.15, 0.2) is 22.6 Å². The van der Waals surface area contributed by atoms with Gasteiger partial charge in [-0.2, -0.15) is 0 Å². The van der Waals surface area contributed by atoms with Gasteiger partial charge < -0.3 is 9.15 Å². The number of rotatable bonds is 3. The largest absolute Gasteiger partial charge is 0.497 e. The third-order valence-electron chi connectivity index (χ3n) is 3.09. The van der Waals surface area contributed by atoms with E-state index in [-0.39, 0.29) is 11.8 Å². The first-order chi connectivity index (χ1) is 8.58. The topological polar surface area (TPSA) is 77.5 Å². The second-order valence-corrected chi connectivity index (χ2v) is 4.16. The number of ether oxygens (including phenoxy) is 1. The highest BCUT2D eigenvalue weighted by atomic mass is 16.5. The number of furan rings is 1. The number of nitrogens with one attached hydrogen (secondary N) is 1. The molecule has 18 heavy (non-hydrogen) atoms. The highest BCUT2D eigenvalue weighted by Gasteiger charge is 2.22. The molecule has 1 atom stereocenters. The molecule has 0 aliphatic heterocycles. The minimum Gasteiger partial charge on any atom is -0.497 e. The zero-order valence-corrected chi connectivity index (χ0v) is 10.6. The lowest BCUT2D eigenvalue weighted by Gasteiger charge is -2.09. The van der Waals surface area contributed by atoms with E-state index in [2.05, 4.69) is 5.43 Å². The summed E-state index contributed by atoms with van der Waals surface area (Å²) in [7, 11) is 1.60. The molecular formula is C13H16N2O3. The molecule has 1 heterocycles. The van der Waals surface area contributed by atoms with Crippen molar-refractivity contribution >= 4 is 16.9 Å². The summed E-state index contributed by atoms with van der Waals surface area (Å²) in [6.07, 6.45) is 0. The highest BCUT2D eigenvalue weighted by molar-refractivity contribution is 5.92. The van der Waals surface area contributed by atoms with Crippen molar-refractivity contribution in [2.75, 3.05) is 7.11 Å². The third kappa shape index (κ3) is 1.93. The molecule has 0 aliphatic carbocycles. The quantitative estimate of drug-likeness (QED) is 0.493. The zero-order valence-electron chi connectivity index (χ0n) is 10.6. The van der Waals surface area contributed by atoms with Gasteiger partial charge in [0.05, 0.1) is 13.0 Å². The molecule has 2 aromatic rings. The fourth-order valence-corrected chi connectivity index (χ4v) is 2.14. The molecule has 0 bridgehead atoms. The van der Waals surface area contributed by atoms with Crippen LogP contribution >= 0.6 is 0 Å². The highest BCUT2D eigenvalue weighted by Crippen LogP contribution is 2.33. The van der Waals surface area contributed by atoms with E-state index in [0.717, 1.165) is 22.3 Å². The van der Waals surface area contributed by atoms with Crippen molar-refractivity contribution in [2.45, 2.75) is 19.8 Å². The van der Waals surface area contributed by atoms with E-state index >= 15 is 0 Å². The van der Waals surface area contributed by atoms with Gasteiger partial charge in [-0.05, 0) is 32.0 Å². The molecule has 5 heteroatoms. The van der Waals surface area contributed by atoms with Crippen LogP contribution in [0, 0.1) is 6.92 Å². The summed E-state index contributed by atoms with van der Waals surface area (Å²) in [5.41, 5.74) is 3.74. The molecule has 3 N–H and O–H groups in total. The number of aryl methyl sites for hydroxylation is 1. The van der Waals surface area contributed by atoms with Crippen LogP contribution in [0.25, 0.3) is 11.0 Å². The predicted octanol–water partition coefficient (Wildman–Crippen LogP) is 1.84. The van der Waals surface area contributed by atoms with Gasteiger partial charge in [0, 0.05) is 10.9 Å². The molecule has 1 aromatic carbocycles. The standard InChI is InChI=1S/C13H16N2O3/c1-7(13(16)15-14)12-8(2)18-11-5-4-9(17-3)6-10(11)12/h4-7H,14H2,1-3H3,(H,15,16). The third-order valence-corrected chi connectivity index (χ3v) is 3.09. The van der Waals surface area contributed by atoms with Crippen LogP contribution in [0.1, 0.15) is 24.2 Å². The van der Waals surface area contributed by atoms with Crippen molar-refractivity contribution in [1.82, 2.24) is 5.43 Å². The van der Waals surface area contributed by atoms with E-state index in [4.69, 9.17) is 15.0 Å². The number of nitrogens with two attached hydrogens (primary N) is 1. The SMILES string of the molecule is COc1ccc2oc(C)c(C(C)C(=O)NN)c2c1. The van der Waals surface area contributed by atoms with Gasteiger partial charge in [0.1, 0.15) is 17.1 Å². The van der Waals surface area contributed by atoms with Gasteiger partial charge >= 0.3 is 0 Å². The maximum Gasteiger partial charge on any atom is 0.241 e. The Hall–Kier alpha value is -2.01. The molecule has 0 spiro atoms. The molecule has 0 saturated carbocycles. The van der Waals surface area contributed by atoms with Crippen LogP contribution in [0.3, 0.4) is 0 Å². The van der Waals surface area contributed by atoms with E-state index in [1.54, 1.807) is 14.0 Å². The lowest BCUT2D eigenvalue weighted by Crippen LogP contribution is -2.33. The molecule has 0 fully saturated rings. The van der Waals surface area contributed by atoms with Crippen LogP contribution in [0.4, 0.5) is 0 Å². The molecule has 1 unspecified atom stereocenters. The smallest absolute Gasteiger partial charge is 0.241 e. The summed E-state index contributed by atoms with van der Waals surface area (Å²) >= 11 is 0. The summed E-state index contributed by atoms with van der Waals surface area (Å²) in [4.78, 5) is 11.7. The second kappa shape index (κ2) is 4.70. The summed E-state index contributed by atoms with van der Waals surface area (Å²) in [5.74, 6) is 6.00. The van der Waals surface area contributed by atoms with E-state index in [0.29, 0.717) is 5.76 Å². The molecule has 1 amide bonds. The number of carbonyl (C=O) groups is 1. The first kappa shape index (κ1) is 12.4. The van der Waals surface area contributed by atoms with Gasteiger partial charge in [0.25, 0.3) is 0 Å². The van der Waals surface area contributed by atoms with E-state index < -0.39 is 0 Å². The van der Waals surface area contributed by atoms with Crippen LogP contribution in [0.2, 0.25) is 0 Å². The summed E-state index contributed by atoms with van der Waals surface area (Å²) in [5, 5.41) is 0.878. The molecular weight excluding hydrogens is 232 g/mol. The Morgan fingerprint density at radius 3 is 2.83 bits per heavy atom. The van der Waals surface area contributed by atoms with E-state index in [9.17, 15) is 4.79 Å². The van der Waals surface area contributed by atoms with E-state index in [1.165, 1.54) is 0 Å². The number of hydrogen-bond acceptors (Lipinski definition) is 4. The average Bonchev–Trinajstić information content (AvgIpc) is 2.71. The molecule has 0 aliphatic rings. The fourth-order valence-electron chi connectivity index (χ4n) is 2.14. The number of benzene rings is 1. The Kier molecular flexibility index (Phi) is 3.25. The van der Waals surface area contributed by atoms with Gasteiger partial charge in [-0.3, -0.25) is 10.2 Å². The van der Waals surface area contributed by atoms with Crippen molar-refractivity contribution in [2.24, 2.45) is 5.84 Å². The second-order valence-electron chi connectivity index (χ2n) is 4.16. The van der Waals surface area contributed by atoms with Gasteiger partial charge in [-0.25, -0.2) is 5.84 Å². The van der Waals surface area contributed by atoms with Gasteiger partial charge in [-0.1, -0.05) is 0 Å². The van der Waals surface area contributed by atoms with Crippen molar-refractivity contribution in [1.29, 1.82) is 0 Å². The number of hydrogen-bond donors (Lipinski definition) is 2. The minimum atomic E-state index is -0.372. The van der Waals surface area contributed by atoms with Gasteiger partial charge in [0.2, 0.25) is 5.91 Å². The molecule has 5 nitrogen and oxygen atoms in total. The number of methoxy groups -OCH3 is 1. The van der Waals surface area contributed by atoms with Gasteiger partial charge in [-0.15, -0.1) is 0 Å². The number of fused-ring (bicyclic) bond motifs is 1. The Morgan fingerprint density at radius 2 is 2.22 bits per heavy atom. The molecule has 1 aromatic heterocycles. The number of amides is 1. The normalized spacial score (nSPS) is 12.4. The molecule has 96 valence electrons. The number of carbonyl (C=O) groups excluding carboxylic acids is 1. The Bertz CT molecular complexity index is 589.